The van der Waals surface area contributed by atoms with Crippen LogP contribution in [0.1, 0.15) is 43.9 Å². The van der Waals surface area contributed by atoms with Crippen LogP contribution in [0.25, 0.3) is 0 Å². The molecule has 1 unspecified atom stereocenters. The van der Waals surface area contributed by atoms with Crippen molar-refractivity contribution < 1.29 is 14.3 Å². The van der Waals surface area contributed by atoms with E-state index in [1.54, 1.807) is 4.90 Å². The molecule has 0 aliphatic carbocycles. The highest BCUT2D eigenvalue weighted by molar-refractivity contribution is 5.88. The van der Waals surface area contributed by atoms with Gasteiger partial charge in [-0.05, 0) is 63.3 Å². The third-order valence-electron chi connectivity index (χ3n) is 5.00. The summed E-state index contributed by atoms with van der Waals surface area (Å²) in [6, 6.07) is 15.4. The molecule has 5 nitrogen and oxygen atoms in total. The molecule has 0 aliphatic rings. The molecular weight excluding hydrogens is 376 g/mol. The number of aryl methyl sites for hydroxylation is 2. The molecule has 2 amide bonds. The van der Waals surface area contributed by atoms with E-state index in [1.165, 1.54) is 0 Å². The SMILES string of the molecule is CCC(C(=O)NC(C)C)N(CCc1ccccc1)C(=O)COc1cc(C)ccc1C. The van der Waals surface area contributed by atoms with Crippen molar-refractivity contribution in [2.45, 2.75) is 59.5 Å². The molecule has 0 spiro atoms. The Balaban J connectivity index is 2.16. The van der Waals surface area contributed by atoms with Crippen molar-refractivity contribution in [2.24, 2.45) is 0 Å². The molecule has 0 bridgehead atoms. The van der Waals surface area contributed by atoms with Gasteiger partial charge in [0.2, 0.25) is 5.91 Å². The lowest BCUT2D eigenvalue weighted by atomic mass is 10.1. The number of rotatable bonds is 10. The molecule has 1 N–H and O–H groups in total. The average Bonchev–Trinajstić information content (AvgIpc) is 2.71. The van der Waals surface area contributed by atoms with Gasteiger partial charge in [0.05, 0.1) is 0 Å². The van der Waals surface area contributed by atoms with Gasteiger partial charge in [-0.25, -0.2) is 0 Å². The number of nitrogens with one attached hydrogen (secondary N) is 1. The Hall–Kier alpha value is -2.82. The Morgan fingerprint density at radius 2 is 1.77 bits per heavy atom. The molecule has 0 heterocycles. The van der Waals surface area contributed by atoms with Crippen molar-refractivity contribution >= 4 is 11.8 Å². The van der Waals surface area contributed by atoms with Gasteiger partial charge in [-0.1, -0.05) is 49.4 Å². The maximum absolute atomic E-state index is 13.1. The van der Waals surface area contributed by atoms with Crippen molar-refractivity contribution in [1.82, 2.24) is 10.2 Å². The first kappa shape index (κ1) is 23.5. The lowest BCUT2D eigenvalue weighted by Crippen LogP contribution is -2.52. The fraction of sp³-hybridized carbons (Fsp3) is 0.440. The second-order valence-corrected chi connectivity index (χ2v) is 7.97. The number of nitrogens with zero attached hydrogens (tertiary/aromatic N) is 1. The largest absolute Gasteiger partial charge is 0.483 e. The van der Waals surface area contributed by atoms with E-state index in [2.05, 4.69) is 5.32 Å². The zero-order valence-corrected chi connectivity index (χ0v) is 18.8. The Labute approximate surface area is 180 Å². The fourth-order valence-electron chi connectivity index (χ4n) is 3.36. The number of hydrogen-bond acceptors (Lipinski definition) is 3. The summed E-state index contributed by atoms with van der Waals surface area (Å²) in [5.41, 5.74) is 3.19. The minimum Gasteiger partial charge on any atom is -0.483 e. The quantitative estimate of drug-likeness (QED) is 0.643. The number of carbonyl (C=O) groups excluding carboxylic acids is 2. The average molecular weight is 411 g/mol. The van der Waals surface area contributed by atoms with E-state index in [-0.39, 0.29) is 24.5 Å². The maximum Gasteiger partial charge on any atom is 0.261 e. The first-order chi connectivity index (χ1) is 14.3. The summed E-state index contributed by atoms with van der Waals surface area (Å²) in [4.78, 5) is 27.6. The molecule has 0 saturated heterocycles. The summed E-state index contributed by atoms with van der Waals surface area (Å²) >= 11 is 0. The maximum atomic E-state index is 13.1. The molecule has 5 heteroatoms. The third-order valence-corrected chi connectivity index (χ3v) is 5.00. The fourth-order valence-corrected chi connectivity index (χ4v) is 3.36. The van der Waals surface area contributed by atoms with Crippen LogP contribution in [0.15, 0.2) is 48.5 Å². The first-order valence-corrected chi connectivity index (χ1v) is 10.7. The smallest absolute Gasteiger partial charge is 0.261 e. The van der Waals surface area contributed by atoms with E-state index in [0.29, 0.717) is 25.1 Å². The predicted octanol–water partition coefficient (Wildman–Crippen LogP) is 4.06. The van der Waals surface area contributed by atoms with Crippen LogP contribution in [0.2, 0.25) is 0 Å². The summed E-state index contributed by atoms with van der Waals surface area (Å²) in [6.45, 7) is 10.1. The molecule has 30 heavy (non-hydrogen) atoms. The normalized spacial score (nSPS) is 11.8. The number of carbonyl (C=O) groups is 2. The highest BCUT2D eigenvalue weighted by atomic mass is 16.5. The summed E-state index contributed by atoms with van der Waals surface area (Å²) in [5, 5.41) is 2.94. The van der Waals surface area contributed by atoms with Crippen molar-refractivity contribution in [3.8, 4) is 5.75 Å². The van der Waals surface area contributed by atoms with Gasteiger partial charge in [0, 0.05) is 12.6 Å². The van der Waals surface area contributed by atoms with Gasteiger partial charge in [0.25, 0.3) is 5.91 Å². The molecule has 2 aromatic carbocycles. The van der Waals surface area contributed by atoms with Gasteiger partial charge in [-0.2, -0.15) is 0 Å². The topological polar surface area (TPSA) is 58.6 Å². The predicted molar refractivity (Wildman–Crippen MR) is 121 cm³/mol. The summed E-state index contributed by atoms with van der Waals surface area (Å²) in [6.07, 6.45) is 1.23. The standard InChI is InChI=1S/C25H34N2O3/c1-6-22(25(29)26-18(2)3)27(15-14-21-10-8-7-9-11-21)24(28)17-30-23-16-19(4)12-13-20(23)5/h7-13,16,18,22H,6,14-15,17H2,1-5H3,(H,26,29). The first-order valence-electron chi connectivity index (χ1n) is 10.7. The van der Waals surface area contributed by atoms with Gasteiger partial charge in [0.15, 0.2) is 6.61 Å². The minimum atomic E-state index is -0.522. The summed E-state index contributed by atoms with van der Waals surface area (Å²) in [7, 11) is 0. The van der Waals surface area contributed by atoms with E-state index < -0.39 is 6.04 Å². The van der Waals surface area contributed by atoms with Crippen molar-refractivity contribution in [3.05, 3.63) is 65.2 Å². The number of amides is 2. The van der Waals surface area contributed by atoms with E-state index in [4.69, 9.17) is 4.74 Å². The van der Waals surface area contributed by atoms with E-state index in [0.717, 1.165) is 16.7 Å². The van der Waals surface area contributed by atoms with Crippen LogP contribution < -0.4 is 10.1 Å². The highest BCUT2D eigenvalue weighted by Crippen LogP contribution is 2.19. The summed E-state index contributed by atoms with van der Waals surface area (Å²) < 4.78 is 5.85. The van der Waals surface area contributed by atoms with Crippen LogP contribution in [-0.4, -0.2) is 41.9 Å². The monoisotopic (exact) mass is 410 g/mol. The van der Waals surface area contributed by atoms with Crippen LogP contribution in [-0.2, 0) is 16.0 Å². The molecule has 0 fully saturated rings. The molecule has 162 valence electrons. The van der Waals surface area contributed by atoms with Crippen LogP contribution >= 0.6 is 0 Å². The molecule has 0 saturated carbocycles. The van der Waals surface area contributed by atoms with Gasteiger partial charge in [-0.15, -0.1) is 0 Å². The van der Waals surface area contributed by atoms with E-state index in [1.807, 2.05) is 83.1 Å². The zero-order chi connectivity index (χ0) is 22.1. The van der Waals surface area contributed by atoms with Gasteiger partial charge >= 0.3 is 0 Å². The molecule has 0 aromatic heterocycles. The molecule has 1 atom stereocenters. The van der Waals surface area contributed by atoms with Crippen LogP contribution in [0.5, 0.6) is 5.75 Å². The van der Waals surface area contributed by atoms with E-state index >= 15 is 0 Å². The Morgan fingerprint density at radius 3 is 2.40 bits per heavy atom. The Morgan fingerprint density at radius 1 is 1.07 bits per heavy atom. The lowest BCUT2D eigenvalue weighted by Gasteiger charge is -2.31. The lowest BCUT2D eigenvalue weighted by molar-refractivity contribution is -0.142. The van der Waals surface area contributed by atoms with Gasteiger partial charge in [-0.3, -0.25) is 9.59 Å². The molecular formula is C25H34N2O3. The second kappa shape index (κ2) is 11.4. The number of ether oxygens (including phenoxy) is 1. The van der Waals surface area contributed by atoms with E-state index in [9.17, 15) is 9.59 Å². The minimum absolute atomic E-state index is 0.0174. The molecule has 0 radical (unpaired) electrons. The molecule has 2 aromatic rings. The number of hydrogen-bond donors (Lipinski definition) is 1. The van der Waals surface area contributed by atoms with Crippen molar-refractivity contribution in [3.63, 3.8) is 0 Å². The van der Waals surface area contributed by atoms with Gasteiger partial charge in [0.1, 0.15) is 11.8 Å². The van der Waals surface area contributed by atoms with Crippen LogP contribution in [0.4, 0.5) is 0 Å². The number of benzene rings is 2. The summed E-state index contributed by atoms with van der Waals surface area (Å²) in [5.74, 6) is 0.393. The van der Waals surface area contributed by atoms with Gasteiger partial charge < -0.3 is 15.0 Å². The van der Waals surface area contributed by atoms with Crippen LogP contribution in [0, 0.1) is 13.8 Å². The molecule has 2 rings (SSSR count). The zero-order valence-electron chi connectivity index (χ0n) is 18.8. The van der Waals surface area contributed by atoms with Crippen molar-refractivity contribution in [1.29, 1.82) is 0 Å². The third kappa shape index (κ3) is 6.90. The Bertz CT molecular complexity index is 834. The second-order valence-electron chi connectivity index (χ2n) is 7.97. The highest BCUT2D eigenvalue weighted by Gasteiger charge is 2.29. The molecule has 0 aliphatic heterocycles. The Kier molecular flexibility index (Phi) is 8.90. The van der Waals surface area contributed by atoms with Crippen molar-refractivity contribution in [2.75, 3.05) is 13.2 Å². The van der Waals surface area contributed by atoms with Crippen LogP contribution in [0.3, 0.4) is 0 Å².